The summed E-state index contributed by atoms with van der Waals surface area (Å²) in [4.78, 5) is 7.11. The van der Waals surface area contributed by atoms with E-state index in [1.165, 1.54) is 25.7 Å². The molecule has 0 bridgehead atoms. The molecule has 1 unspecified atom stereocenters. The highest BCUT2D eigenvalue weighted by Crippen LogP contribution is 2.19. The molecule has 19 heavy (non-hydrogen) atoms. The third kappa shape index (κ3) is 5.81. The number of hydrogen-bond acceptors (Lipinski definition) is 2. The van der Waals surface area contributed by atoms with Crippen molar-refractivity contribution in [2.75, 3.05) is 27.2 Å². The predicted octanol–water partition coefficient (Wildman–Crippen LogP) is 2.07. The predicted molar refractivity (Wildman–Crippen MR) is 83.7 cm³/mol. The molecule has 0 saturated heterocycles. The highest BCUT2D eigenvalue weighted by molar-refractivity contribution is 5.80. The fourth-order valence-electron chi connectivity index (χ4n) is 2.49. The van der Waals surface area contributed by atoms with Crippen molar-refractivity contribution in [3.05, 3.63) is 0 Å². The number of nitrogens with one attached hydrogen (secondary N) is 2. The maximum Gasteiger partial charge on any atom is 0.191 e. The van der Waals surface area contributed by atoms with Gasteiger partial charge in [-0.1, -0.05) is 26.7 Å². The van der Waals surface area contributed by atoms with Crippen LogP contribution in [0.25, 0.3) is 0 Å². The van der Waals surface area contributed by atoms with Gasteiger partial charge in [0, 0.05) is 18.6 Å². The third-order valence-corrected chi connectivity index (χ3v) is 3.96. The molecule has 1 aliphatic rings. The van der Waals surface area contributed by atoms with Gasteiger partial charge in [0.2, 0.25) is 0 Å². The van der Waals surface area contributed by atoms with E-state index in [0.717, 1.165) is 25.0 Å². The maximum absolute atomic E-state index is 4.78. The Labute approximate surface area is 119 Å². The second-order valence-corrected chi connectivity index (χ2v) is 5.75. The molecule has 4 nitrogen and oxygen atoms in total. The van der Waals surface area contributed by atoms with Gasteiger partial charge >= 0.3 is 0 Å². The summed E-state index contributed by atoms with van der Waals surface area (Å²) in [5.41, 5.74) is 0. The minimum atomic E-state index is 0.532. The van der Waals surface area contributed by atoms with Crippen molar-refractivity contribution in [3.63, 3.8) is 0 Å². The lowest BCUT2D eigenvalue weighted by molar-refractivity contribution is 0.206. The molecule has 0 heterocycles. The van der Waals surface area contributed by atoms with Crippen molar-refractivity contribution >= 4 is 5.96 Å². The molecule has 0 aliphatic heterocycles. The highest BCUT2D eigenvalue weighted by Gasteiger charge is 2.23. The van der Waals surface area contributed by atoms with E-state index in [-0.39, 0.29) is 0 Å². The van der Waals surface area contributed by atoms with Crippen LogP contribution in [0.5, 0.6) is 0 Å². The van der Waals surface area contributed by atoms with E-state index in [1.807, 2.05) is 0 Å². The normalized spacial score (nSPS) is 17.9. The molecule has 2 N–H and O–H groups in total. The van der Waals surface area contributed by atoms with Gasteiger partial charge in [-0.2, -0.15) is 0 Å². The van der Waals surface area contributed by atoms with Crippen LogP contribution in [0.15, 0.2) is 4.99 Å². The second-order valence-electron chi connectivity index (χ2n) is 5.75. The molecule has 0 aromatic rings. The Balaban J connectivity index is 2.58. The Morgan fingerprint density at radius 3 is 2.26 bits per heavy atom. The lowest BCUT2D eigenvalue weighted by Gasteiger charge is -2.30. The van der Waals surface area contributed by atoms with Gasteiger partial charge in [0.05, 0.1) is 6.54 Å². The largest absolute Gasteiger partial charge is 0.357 e. The van der Waals surface area contributed by atoms with Crippen LogP contribution in [0.1, 0.15) is 46.5 Å². The zero-order chi connectivity index (χ0) is 14.3. The quantitative estimate of drug-likeness (QED) is 0.523. The van der Waals surface area contributed by atoms with E-state index in [1.54, 1.807) is 0 Å². The van der Waals surface area contributed by atoms with Crippen molar-refractivity contribution in [2.45, 2.75) is 58.5 Å². The van der Waals surface area contributed by atoms with Gasteiger partial charge in [0.25, 0.3) is 0 Å². The summed E-state index contributed by atoms with van der Waals surface area (Å²) in [5, 5.41) is 6.83. The Morgan fingerprint density at radius 2 is 1.84 bits per heavy atom. The molecular weight excluding hydrogens is 236 g/mol. The summed E-state index contributed by atoms with van der Waals surface area (Å²) in [6.07, 6.45) is 5.02. The van der Waals surface area contributed by atoms with Gasteiger partial charge in [-0.3, -0.25) is 4.99 Å². The average Bonchev–Trinajstić information content (AvgIpc) is 3.18. The maximum atomic E-state index is 4.78. The van der Waals surface area contributed by atoms with Crippen molar-refractivity contribution in [1.29, 1.82) is 0 Å². The fraction of sp³-hybridized carbons (Fsp3) is 0.933. The first-order valence-electron chi connectivity index (χ1n) is 7.83. The molecule has 1 saturated carbocycles. The summed E-state index contributed by atoms with van der Waals surface area (Å²) in [5.74, 6) is 1.71. The summed E-state index contributed by atoms with van der Waals surface area (Å²) < 4.78 is 0. The van der Waals surface area contributed by atoms with Crippen LogP contribution < -0.4 is 10.6 Å². The topological polar surface area (TPSA) is 39.7 Å². The molecule has 1 aliphatic carbocycles. The first kappa shape index (κ1) is 16.3. The van der Waals surface area contributed by atoms with Crippen molar-refractivity contribution in [2.24, 2.45) is 10.9 Å². The minimum Gasteiger partial charge on any atom is -0.357 e. The molecule has 1 rings (SSSR count). The van der Waals surface area contributed by atoms with E-state index >= 15 is 0 Å². The standard InChI is InChI=1S/C15H32N4/c1-6-12(7-2)14(19(4)5)11-17-15(16-8-3)18-13-9-10-13/h12-14H,6-11H2,1-5H3,(H2,16,17,18). The molecule has 112 valence electrons. The smallest absolute Gasteiger partial charge is 0.191 e. The van der Waals surface area contributed by atoms with Crippen molar-refractivity contribution in [1.82, 2.24) is 15.5 Å². The first-order chi connectivity index (χ1) is 9.12. The highest BCUT2D eigenvalue weighted by atomic mass is 15.2. The van der Waals surface area contributed by atoms with Crippen LogP contribution in [0.2, 0.25) is 0 Å². The van der Waals surface area contributed by atoms with Crippen LogP contribution in [-0.4, -0.2) is 50.1 Å². The van der Waals surface area contributed by atoms with E-state index in [4.69, 9.17) is 4.99 Å². The molecule has 0 spiro atoms. The number of rotatable bonds is 8. The van der Waals surface area contributed by atoms with Crippen molar-refractivity contribution < 1.29 is 0 Å². The van der Waals surface area contributed by atoms with Crippen molar-refractivity contribution in [3.8, 4) is 0 Å². The molecule has 4 heteroatoms. The second kappa shape index (κ2) is 8.41. The number of likely N-dealkylation sites (N-methyl/N-ethyl adjacent to an activating group) is 1. The van der Waals surface area contributed by atoms with Gasteiger partial charge in [-0.05, 0) is 39.8 Å². The molecule has 1 atom stereocenters. The van der Waals surface area contributed by atoms with Gasteiger partial charge in [0.15, 0.2) is 5.96 Å². The minimum absolute atomic E-state index is 0.532. The first-order valence-corrected chi connectivity index (χ1v) is 7.83. The Morgan fingerprint density at radius 1 is 1.21 bits per heavy atom. The van der Waals surface area contributed by atoms with Gasteiger partial charge in [0.1, 0.15) is 0 Å². The summed E-state index contributed by atoms with van der Waals surface area (Å²) in [7, 11) is 4.33. The van der Waals surface area contributed by atoms with Crippen LogP contribution >= 0.6 is 0 Å². The monoisotopic (exact) mass is 268 g/mol. The molecule has 0 aromatic carbocycles. The lowest BCUT2D eigenvalue weighted by atomic mass is 9.93. The SMILES string of the molecule is CCNC(=NCC(C(CC)CC)N(C)C)NC1CC1. The summed E-state index contributed by atoms with van der Waals surface area (Å²) in [6.45, 7) is 8.48. The number of aliphatic imine (C=N–C) groups is 1. The number of hydrogen-bond donors (Lipinski definition) is 2. The number of guanidine groups is 1. The molecule has 0 amide bonds. The average molecular weight is 268 g/mol. The zero-order valence-electron chi connectivity index (χ0n) is 13.4. The molecular formula is C15H32N4. The van der Waals surface area contributed by atoms with Gasteiger partial charge in [-0.15, -0.1) is 0 Å². The number of nitrogens with zero attached hydrogens (tertiary/aromatic N) is 2. The molecule has 0 aromatic heterocycles. The Bertz CT molecular complexity index is 267. The van der Waals surface area contributed by atoms with Gasteiger partial charge in [-0.25, -0.2) is 0 Å². The van der Waals surface area contributed by atoms with E-state index < -0.39 is 0 Å². The summed E-state index contributed by atoms with van der Waals surface area (Å²) >= 11 is 0. The van der Waals surface area contributed by atoms with Crippen LogP contribution in [-0.2, 0) is 0 Å². The van der Waals surface area contributed by atoms with Crippen LogP contribution in [0.4, 0.5) is 0 Å². The third-order valence-electron chi connectivity index (χ3n) is 3.96. The van der Waals surface area contributed by atoms with E-state index in [9.17, 15) is 0 Å². The van der Waals surface area contributed by atoms with E-state index in [2.05, 4.69) is 50.4 Å². The molecule has 0 radical (unpaired) electrons. The van der Waals surface area contributed by atoms with Crippen LogP contribution in [0, 0.1) is 5.92 Å². The Kier molecular flexibility index (Phi) is 7.21. The Hall–Kier alpha value is -0.770. The lowest BCUT2D eigenvalue weighted by Crippen LogP contribution is -2.42. The van der Waals surface area contributed by atoms with Crippen LogP contribution in [0.3, 0.4) is 0 Å². The zero-order valence-corrected chi connectivity index (χ0v) is 13.4. The fourth-order valence-corrected chi connectivity index (χ4v) is 2.49. The van der Waals surface area contributed by atoms with E-state index in [0.29, 0.717) is 12.1 Å². The van der Waals surface area contributed by atoms with Gasteiger partial charge < -0.3 is 15.5 Å². The molecule has 1 fully saturated rings. The summed E-state index contributed by atoms with van der Waals surface area (Å²) in [6, 6.07) is 1.19.